The zero-order valence-electron chi connectivity index (χ0n) is 30.7. The molecule has 0 unspecified atom stereocenters. The van der Waals surface area contributed by atoms with Crippen molar-refractivity contribution in [2.75, 3.05) is 19.8 Å². The first-order valence-electron chi connectivity index (χ1n) is 18.9. The predicted molar refractivity (Wildman–Crippen MR) is 201 cm³/mol. The Morgan fingerprint density at radius 2 is 1.10 bits per heavy atom. The molecule has 1 heterocycles. The van der Waals surface area contributed by atoms with Crippen molar-refractivity contribution in [3.05, 3.63) is 73.9 Å². The summed E-state index contributed by atoms with van der Waals surface area (Å²) in [7, 11) is 0. The van der Waals surface area contributed by atoms with Gasteiger partial charge < -0.3 is 39.4 Å². The van der Waals surface area contributed by atoms with Gasteiger partial charge >= 0.3 is 11.9 Å². The standard InChI is InChI=1S/C41H66O10/c1-3-5-7-9-11-13-15-17-19-21-23-25-27-29-36(43)48-32-34(33-49-41-40(47)39(46)38(45)35(31-42)51-41)50-37(44)30-28-26-24-22-20-18-16-14-12-10-8-6-4-2/h3-4,7-10,13-16,34-35,38-42,45-47H,1-2,5-6,11-12,17-33H2/b9-7+,10-8+,15-13-,16-14+/t34-,35-,38+,39+,40-,41-/m1/s1. The Morgan fingerprint density at radius 1 is 0.608 bits per heavy atom. The lowest BCUT2D eigenvalue weighted by Gasteiger charge is -2.39. The van der Waals surface area contributed by atoms with Crippen molar-refractivity contribution in [1.82, 2.24) is 0 Å². The summed E-state index contributed by atoms with van der Waals surface area (Å²) >= 11 is 0. The molecule has 1 fully saturated rings. The van der Waals surface area contributed by atoms with Crippen molar-refractivity contribution in [3.8, 4) is 0 Å². The summed E-state index contributed by atoms with van der Waals surface area (Å²) in [6.45, 7) is 6.25. The third-order valence-corrected chi connectivity index (χ3v) is 8.34. The summed E-state index contributed by atoms with van der Waals surface area (Å²) in [5.41, 5.74) is 0. The van der Waals surface area contributed by atoms with Crippen LogP contribution in [0.2, 0.25) is 0 Å². The molecule has 1 aliphatic rings. The van der Waals surface area contributed by atoms with E-state index in [0.717, 1.165) is 89.9 Å². The molecule has 1 saturated heterocycles. The summed E-state index contributed by atoms with van der Waals surface area (Å²) in [5.74, 6) is -0.866. The molecule has 4 N–H and O–H groups in total. The Morgan fingerprint density at radius 3 is 1.65 bits per heavy atom. The average molecular weight is 719 g/mol. The summed E-state index contributed by atoms with van der Waals surface area (Å²) in [6.07, 6.45) is 28.4. The summed E-state index contributed by atoms with van der Waals surface area (Å²) < 4.78 is 22.0. The molecule has 0 aromatic rings. The number of carbonyl (C=O) groups excluding carboxylic acids is 2. The fraction of sp³-hybridized carbons (Fsp3) is 0.659. The molecule has 6 atom stereocenters. The van der Waals surface area contributed by atoms with E-state index in [1.165, 1.54) is 0 Å². The first-order chi connectivity index (χ1) is 24.8. The number of carbonyl (C=O) groups is 2. The maximum atomic E-state index is 12.7. The van der Waals surface area contributed by atoms with Crippen LogP contribution in [-0.2, 0) is 28.5 Å². The molecule has 51 heavy (non-hydrogen) atoms. The van der Waals surface area contributed by atoms with Gasteiger partial charge in [0.2, 0.25) is 0 Å². The fourth-order valence-electron chi connectivity index (χ4n) is 5.31. The summed E-state index contributed by atoms with van der Waals surface area (Å²) in [5, 5.41) is 39.9. The van der Waals surface area contributed by atoms with Crippen LogP contribution in [-0.4, -0.2) is 89.0 Å². The molecule has 0 amide bonds. The van der Waals surface area contributed by atoms with Crippen molar-refractivity contribution in [1.29, 1.82) is 0 Å². The second-order valence-electron chi connectivity index (χ2n) is 12.8. The molecule has 0 aromatic heterocycles. The van der Waals surface area contributed by atoms with Crippen LogP contribution in [0.15, 0.2) is 73.9 Å². The van der Waals surface area contributed by atoms with Crippen molar-refractivity contribution in [2.24, 2.45) is 0 Å². The molecular weight excluding hydrogens is 652 g/mol. The van der Waals surface area contributed by atoms with E-state index in [2.05, 4.69) is 61.8 Å². The van der Waals surface area contributed by atoms with Crippen LogP contribution in [0.3, 0.4) is 0 Å². The molecule has 0 aromatic carbocycles. The SMILES string of the molecule is C=CC/C=C/C/C=C\CCCCCCCC(=O)OC[C@H](CO[C@@H]1O[C@H](CO)[C@H](O)[C@H](O)[C@H]1O)OC(=O)CCCCCCC/C=C/C/C=C/CC=C. The van der Waals surface area contributed by atoms with E-state index in [-0.39, 0.29) is 26.1 Å². The monoisotopic (exact) mass is 718 g/mol. The number of aliphatic hydroxyl groups excluding tert-OH is 4. The van der Waals surface area contributed by atoms with E-state index in [1.807, 2.05) is 12.2 Å². The zero-order valence-corrected chi connectivity index (χ0v) is 30.7. The van der Waals surface area contributed by atoms with Gasteiger partial charge in [0, 0.05) is 12.8 Å². The van der Waals surface area contributed by atoms with Crippen LogP contribution < -0.4 is 0 Å². The average Bonchev–Trinajstić information content (AvgIpc) is 3.13. The van der Waals surface area contributed by atoms with Crippen molar-refractivity contribution < 1.29 is 49.0 Å². The first kappa shape index (κ1) is 46.2. The van der Waals surface area contributed by atoms with Crippen molar-refractivity contribution in [2.45, 2.75) is 152 Å². The number of esters is 2. The maximum absolute atomic E-state index is 12.7. The normalized spacial score (nSPS) is 21.5. The van der Waals surface area contributed by atoms with Crippen molar-refractivity contribution in [3.63, 3.8) is 0 Å². The van der Waals surface area contributed by atoms with Gasteiger partial charge in [-0.3, -0.25) is 9.59 Å². The van der Waals surface area contributed by atoms with Crippen LogP contribution >= 0.6 is 0 Å². The van der Waals surface area contributed by atoms with Gasteiger partial charge in [-0.1, -0.05) is 99.3 Å². The minimum atomic E-state index is -1.60. The lowest BCUT2D eigenvalue weighted by atomic mass is 9.99. The van der Waals surface area contributed by atoms with Crippen molar-refractivity contribution >= 4 is 11.9 Å². The number of allylic oxidation sites excluding steroid dienone is 10. The highest BCUT2D eigenvalue weighted by Crippen LogP contribution is 2.22. The molecule has 0 spiro atoms. The zero-order chi connectivity index (χ0) is 37.4. The number of hydrogen-bond donors (Lipinski definition) is 4. The Bertz CT molecular complexity index is 1030. The van der Waals surface area contributed by atoms with E-state index in [1.54, 1.807) is 0 Å². The van der Waals surface area contributed by atoms with E-state index in [0.29, 0.717) is 12.8 Å². The molecule has 1 aliphatic heterocycles. The van der Waals surface area contributed by atoms with Crippen LogP contribution in [0.5, 0.6) is 0 Å². The highest BCUT2D eigenvalue weighted by molar-refractivity contribution is 5.70. The quantitative estimate of drug-likeness (QED) is 0.0339. The van der Waals surface area contributed by atoms with Gasteiger partial charge in [-0.15, -0.1) is 13.2 Å². The molecule has 0 saturated carbocycles. The number of hydrogen-bond acceptors (Lipinski definition) is 10. The van der Waals surface area contributed by atoms with Gasteiger partial charge in [-0.05, 0) is 64.2 Å². The molecule has 10 heteroatoms. The van der Waals surface area contributed by atoms with E-state index < -0.39 is 55.4 Å². The Hall–Kier alpha value is -2.86. The van der Waals surface area contributed by atoms with Crippen LogP contribution in [0.25, 0.3) is 0 Å². The minimum absolute atomic E-state index is 0.198. The van der Waals surface area contributed by atoms with Crippen LogP contribution in [0.4, 0.5) is 0 Å². The van der Waals surface area contributed by atoms with Gasteiger partial charge in [0.15, 0.2) is 12.4 Å². The Balaban J connectivity index is 2.42. The largest absolute Gasteiger partial charge is 0.462 e. The van der Waals surface area contributed by atoms with Gasteiger partial charge in [-0.2, -0.15) is 0 Å². The molecule has 0 bridgehead atoms. The lowest BCUT2D eigenvalue weighted by Crippen LogP contribution is -2.59. The van der Waals surface area contributed by atoms with Gasteiger partial charge in [-0.25, -0.2) is 0 Å². The predicted octanol–water partition coefficient (Wildman–Crippen LogP) is 6.88. The van der Waals surface area contributed by atoms with E-state index in [9.17, 15) is 30.0 Å². The molecular formula is C41H66O10. The highest BCUT2D eigenvalue weighted by Gasteiger charge is 2.44. The Kier molecular flexibility index (Phi) is 28.8. The highest BCUT2D eigenvalue weighted by atomic mass is 16.7. The first-order valence-corrected chi connectivity index (χ1v) is 18.9. The summed E-state index contributed by atoms with van der Waals surface area (Å²) in [4.78, 5) is 25.2. The number of aliphatic hydroxyl groups is 4. The topological polar surface area (TPSA) is 152 Å². The third kappa shape index (κ3) is 24.1. The lowest BCUT2D eigenvalue weighted by molar-refractivity contribution is -0.305. The molecule has 1 rings (SSSR count). The van der Waals surface area contributed by atoms with E-state index in [4.69, 9.17) is 18.9 Å². The Labute approximate surface area is 306 Å². The minimum Gasteiger partial charge on any atom is -0.462 e. The molecule has 0 radical (unpaired) electrons. The molecule has 0 aliphatic carbocycles. The second kappa shape index (κ2) is 31.8. The van der Waals surface area contributed by atoms with Crippen LogP contribution in [0.1, 0.15) is 116 Å². The summed E-state index contributed by atoms with van der Waals surface area (Å²) in [6, 6.07) is 0. The van der Waals surface area contributed by atoms with Gasteiger partial charge in [0.1, 0.15) is 31.0 Å². The smallest absolute Gasteiger partial charge is 0.306 e. The van der Waals surface area contributed by atoms with Gasteiger partial charge in [0.25, 0.3) is 0 Å². The fourth-order valence-corrected chi connectivity index (χ4v) is 5.31. The van der Waals surface area contributed by atoms with E-state index >= 15 is 0 Å². The third-order valence-electron chi connectivity index (χ3n) is 8.34. The number of unbranched alkanes of at least 4 members (excludes halogenated alkanes) is 10. The number of rotatable bonds is 31. The van der Waals surface area contributed by atoms with Crippen LogP contribution in [0, 0.1) is 0 Å². The van der Waals surface area contributed by atoms with Gasteiger partial charge in [0.05, 0.1) is 13.2 Å². The molecule has 10 nitrogen and oxygen atoms in total. The second-order valence-corrected chi connectivity index (χ2v) is 12.8. The molecule has 290 valence electrons. The number of ether oxygens (including phenoxy) is 4. The maximum Gasteiger partial charge on any atom is 0.306 e.